The van der Waals surface area contributed by atoms with Crippen molar-refractivity contribution in [1.29, 1.82) is 0 Å². The second-order valence-electron chi connectivity index (χ2n) is 8.18. The molecule has 0 heterocycles. The van der Waals surface area contributed by atoms with E-state index in [1.54, 1.807) is 6.07 Å². The van der Waals surface area contributed by atoms with Crippen LogP contribution in [-0.2, 0) is 0 Å². The van der Waals surface area contributed by atoms with E-state index in [1.165, 1.54) is 69.4 Å². The zero-order valence-electron chi connectivity index (χ0n) is 15.8. The van der Waals surface area contributed by atoms with Crippen molar-refractivity contribution in [1.82, 2.24) is 0 Å². The number of halogens is 3. The summed E-state index contributed by atoms with van der Waals surface area (Å²) in [6.07, 6.45) is 8.56. The molecule has 2 aliphatic rings. The van der Waals surface area contributed by atoms with Crippen molar-refractivity contribution in [3.05, 3.63) is 29.3 Å². The second-order valence-corrected chi connectivity index (χ2v) is 8.18. The van der Waals surface area contributed by atoms with Gasteiger partial charge >= 0.3 is 6.36 Å². The standard InChI is InChI=1S/C22H31F3O/c1-2-6-16-9-11-18(12-10-16)20-14-13-19(26-22(23,24)25)15-21(20)17-7-4-3-5-8-17/h13-18H,2-12H2,1H3. The molecule has 1 aromatic rings. The Morgan fingerprint density at radius 1 is 0.885 bits per heavy atom. The maximum Gasteiger partial charge on any atom is 0.573 e. The van der Waals surface area contributed by atoms with Crippen LogP contribution in [0.1, 0.15) is 101 Å². The van der Waals surface area contributed by atoms with Gasteiger partial charge in [0.1, 0.15) is 5.75 Å². The third-order valence-electron chi connectivity index (χ3n) is 6.32. The average molecular weight is 368 g/mol. The Kier molecular flexibility index (Phi) is 6.52. The van der Waals surface area contributed by atoms with Crippen LogP contribution in [-0.4, -0.2) is 6.36 Å². The number of hydrogen-bond acceptors (Lipinski definition) is 1. The maximum atomic E-state index is 12.7. The molecular formula is C22H31F3O. The number of benzene rings is 1. The van der Waals surface area contributed by atoms with Gasteiger partial charge in [-0.05, 0) is 79.5 Å². The van der Waals surface area contributed by atoms with Crippen LogP contribution in [0.15, 0.2) is 18.2 Å². The summed E-state index contributed by atoms with van der Waals surface area (Å²) < 4.78 is 42.2. The fourth-order valence-corrected chi connectivity index (χ4v) is 5.06. The van der Waals surface area contributed by atoms with Crippen molar-refractivity contribution in [3.8, 4) is 5.75 Å². The molecule has 0 amide bonds. The van der Waals surface area contributed by atoms with Crippen molar-refractivity contribution in [2.45, 2.75) is 95.8 Å². The highest BCUT2D eigenvalue weighted by Gasteiger charge is 2.32. The fraction of sp³-hybridized carbons (Fsp3) is 0.727. The Morgan fingerprint density at radius 3 is 2.15 bits per heavy atom. The van der Waals surface area contributed by atoms with E-state index in [1.807, 2.05) is 6.07 Å². The Morgan fingerprint density at radius 2 is 1.54 bits per heavy atom. The predicted octanol–water partition coefficient (Wildman–Crippen LogP) is 7.71. The number of alkyl halides is 3. The first-order chi connectivity index (χ1) is 12.5. The summed E-state index contributed by atoms with van der Waals surface area (Å²) in [7, 11) is 0. The third-order valence-corrected chi connectivity index (χ3v) is 6.32. The molecule has 1 aromatic carbocycles. The summed E-state index contributed by atoms with van der Waals surface area (Å²) in [5.74, 6) is 1.67. The van der Waals surface area contributed by atoms with Gasteiger partial charge in [-0.25, -0.2) is 0 Å². The number of rotatable bonds is 5. The molecule has 0 bridgehead atoms. The first-order valence-electron chi connectivity index (χ1n) is 10.4. The predicted molar refractivity (Wildman–Crippen MR) is 98.6 cm³/mol. The lowest BCUT2D eigenvalue weighted by Gasteiger charge is -2.32. The Bertz CT molecular complexity index is 567. The van der Waals surface area contributed by atoms with E-state index in [-0.39, 0.29) is 5.75 Å². The SMILES string of the molecule is CCCC1CCC(c2ccc(OC(F)(F)F)cc2C2CCCCC2)CC1. The van der Waals surface area contributed by atoms with Gasteiger partial charge in [-0.3, -0.25) is 0 Å². The molecule has 4 heteroatoms. The van der Waals surface area contributed by atoms with E-state index in [0.29, 0.717) is 11.8 Å². The zero-order valence-corrected chi connectivity index (χ0v) is 15.8. The van der Waals surface area contributed by atoms with Crippen LogP contribution in [0.2, 0.25) is 0 Å². The van der Waals surface area contributed by atoms with Crippen molar-refractivity contribution in [3.63, 3.8) is 0 Å². The van der Waals surface area contributed by atoms with Crippen LogP contribution in [0.3, 0.4) is 0 Å². The van der Waals surface area contributed by atoms with Crippen LogP contribution in [0.4, 0.5) is 13.2 Å². The number of ether oxygens (including phenoxy) is 1. The molecule has 0 unspecified atom stereocenters. The van der Waals surface area contributed by atoms with Gasteiger partial charge in [0.25, 0.3) is 0 Å². The summed E-state index contributed by atoms with van der Waals surface area (Å²) >= 11 is 0. The molecule has 0 radical (unpaired) electrons. The van der Waals surface area contributed by atoms with Gasteiger partial charge in [-0.2, -0.15) is 0 Å². The fourth-order valence-electron chi connectivity index (χ4n) is 5.06. The summed E-state index contributed by atoms with van der Waals surface area (Å²) in [5, 5.41) is 0. The van der Waals surface area contributed by atoms with Gasteiger partial charge in [-0.1, -0.05) is 45.1 Å². The molecule has 26 heavy (non-hydrogen) atoms. The van der Waals surface area contributed by atoms with Crippen molar-refractivity contribution in [2.75, 3.05) is 0 Å². The third kappa shape index (κ3) is 5.17. The van der Waals surface area contributed by atoms with E-state index < -0.39 is 6.36 Å². The van der Waals surface area contributed by atoms with Crippen LogP contribution in [0.5, 0.6) is 5.75 Å². The summed E-state index contributed by atoms with van der Waals surface area (Å²) in [6.45, 7) is 2.24. The molecule has 0 spiro atoms. The molecule has 2 aliphatic carbocycles. The molecule has 2 fully saturated rings. The highest BCUT2D eigenvalue weighted by molar-refractivity contribution is 5.40. The summed E-state index contributed by atoms with van der Waals surface area (Å²) in [6, 6.07) is 5.14. The summed E-state index contributed by atoms with van der Waals surface area (Å²) in [4.78, 5) is 0. The molecule has 0 aliphatic heterocycles. The molecule has 0 aromatic heterocycles. The molecule has 1 nitrogen and oxygen atoms in total. The van der Waals surface area contributed by atoms with Gasteiger partial charge in [0.2, 0.25) is 0 Å². The van der Waals surface area contributed by atoms with E-state index in [2.05, 4.69) is 11.7 Å². The largest absolute Gasteiger partial charge is 0.573 e. The highest BCUT2D eigenvalue weighted by Crippen LogP contribution is 2.44. The van der Waals surface area contributed by atoms with E-state index in [4.69, 9.17) is 0 Å². The second kappa shape index (κ2) is 8.67. The smallest absolute Gasteiger partial charge is 0.406 e. The lowest BCUT2D eigenvalue weighted by Crippen LogP contribution is -2.19. The summed E-state index contributed by atoms with van der Waals surface area (Å²) in [5.41, 5.74) is 2.42. The van der Waals surface area contributed by atoms with Gasteiger partial charge in [0.15, 0.2) is 0 Å². The van der Waals surface area contributed by atoms with Crippen molar-refractivity contribution >= 4 is 0 Å². The molecule has 0 N–H and O–H groups in total. The minimum absolute atomic E-state index is 0.0542. The number of hydrogen-bond donors (Lipinski definition) is 0. The van der Waals surface area contributed by atoms with Crippen LogP contribution >= 0.6 is 0 Å². The highest BCUT2D eigenvalue weighted by atomic mass is 19.4. The van der Waals surface area contributed by atoms with Gasteiger partial charge < -0.3 is 4.74 Å². The van der Waals surface area contributed by atoms with Gasteiger partial charge in [0.05, 0.1) is 0 Å². The molecule has 0 saturated heterocycles. The minimum Gasteiger partial charge on any atom is -0.406 e. The first-order valence-corrected chi connectivity index (χ1v) is 10.4. The minimum atomic E-state index is -4.62. The van der Waals surface area contributed by atoms with E-state index in [9.17, 15) is 13.2 Å². The van der Waals surface area contributed by atoms with E-state index in [0.717, 1.165) is 24.3 Å². The average Bonchev–Trinajstić information content (AvgIpc) is 2.62. The molecule has 0 atom stereocenters. The molecule has 3 rings (SSSR count). The first kappa shape index (κ1) is 19.6. The van der Waals surface area contributed by atoms with Crippen molar-refractivity contribution in [2.24, 2.45) is 5.92 Å². The zero-order chi connectivity index (χ0) is 18.6. The van der Waals surface area contributed by atoms with Crippen molar-refractivity contribution < 1.29 is 17.9 Å². The van der Waals surface area contributed by atoms with Crippen LogP contribution < -0.4 is 4.74 Å². The quantitative estimate of drug-likeness (QED) is 0.517. The van der Waals surface area contributed by atoms with Crippen LogP contribution in [0, 0.1) is 5.92 Å². The lowest BCUT2D eigenvalue weighted by atomic mass is 9.73. The van der Waals surface area contributed by atoms with E-state index >= 15 is 0 Å². The Labute approximate surface area is 155 Å². The van der Waals surface area contributed by atoms with Gasteiger partial charge in [0, 0.05) is 0 Å². The Hall–Kier alpha value is -1.19. The molecule has 2 saturated carbocycles. The van der Waals surface area contributed by atoms with Gasteiger partial charge in [-0.15, -0.1) is 13.2 Å². The monoisotopic (exact) mass is 368 g/mol. The Balaban J connectivity index is 1.81. The maximum absolute atomic E-state index is 12.7. The lowest BCUT2D eigenvalue weighted by molar-refractivity contribution is -0.274. The topological polar surface area (TPSA) is 9.23 Å². The van der Waals surface area contributed by atoms with Crippen LogP contribution in [0.25, 0.3) is 0 Å². The molecular weight excluding hydrogens is 337 g/mol. The normalized spacial score (nSPS) is 25.2. The molecule has 146 valence electrons.